The van der Waals surface area contributed by atoms with E-state index in [2.05, 4.69) is 5.32 Å². The van der Waals surface area contributed by atoms with Crippen molar-refractivity contribution in [1.29, 1.82) is 0 Å². The fourth-order valence-electron chi connectivity index (χ4n) is 2.44. The highest BCUT2D eigenvalue weighted by Crippen LogP contribution is 2.16. The highest BCUT2D eigenvalue weighted by molar-refractivity contribution is 5.89. The lowest BCUT2D eigenvalue weighted by Gasteiger charge is -2.35. The molecule has 0 saturated carbocycles. The minimum atomic E-state index is -0.505. The number of ether oxygens (including phenoxy) is 1. The zero-order valence-electron chi connectivity index (χ0n) is 15.2. The summed E-state index contributed by atoms with van der Waals surface area (Å²) in [5.41, 5.74) is 2.62. The minimum absolute atomic E-state index is 0.137. The molecule has 132 valence electrons. The van der Waals surface area contributed by atoms with Crippen LogP contribution in [-0.4, -0.2) is 53.7 Å². The van der Waals surface area contributed by atoms with E-state index in [1.54, 1.807) is 9.80 Å². The van der Waals surface area contributed by atoms with Crippen molar-refractivity contribution in [3.63, 3.8) is 0 Å². The van der Waals surface area contributed by atoms with Crippen molar-refractivity contribution in [3.05, 3.63) is 29.3 Å². The van der Waals surface area contributed by atoms with Gasteiger partial charge in [0.2, 0.25) is 0 Å². The predicted octanol–water partition coefficient (Wildman–Crippen LogP) is 3.39. The maximum Gasteiger partial charge on any atom is 0.410 e. The van der Waals surface area contributed by atoms with Crippen molar-refractivity contribution in [2.24, 2.45) is 0 Å². The molecule has 6 nitrogen and oxygen atoms in total. The van der Waals surface area contributed by atoms with E-state index < -0.39 is 5.60 Å². The average Bonchev–Trinajstić information content (AvgIpc) is 2.49. The number of hydrogen-bond acceptors (Lipinski definition) is 3. The Morgan fingerprint density at radius 2 is 1.58 bits per heavy atom. The van der Waals surface area contributed by atoms with Gasteiger partial charge in [-0.05, 0) is 57.9 Å². The summed E-state index contributed by atoms with van der Waals surface area (Å²) in [4.78, 5) is 27.7. The molecule has 1 aliphatic rings. The number of carbonyl (C=O) groups excluding carboxylic acids is 2. The van der Waals surface area contributed by atoms with E-state index >= 15 is 0 Å². The van der Waals surface area contributed by atoms with Gasteiger partial charge in [-0.3, -0.25) is 0 Å². The smallest absolute Gasteiger partial charge is 0.410 e. The maximum absolute atomic E-state index is 12.3. The molecular formula is C18H27N3O3. The molecule has 1 heterocycles. The van der Waals surface area contributed by atoms with E-state index in [1.165, 1.54) is 5.56 Å². The molecule has 6 heteroatoms. The quantitative estimate of drug-likeness (QED) is 0.857. The lowest BCUT2D eigenvalue weighted by molar-refractivity contribution is 0.0174. The average molecular weight is 333 g/mol. The van der Waals surface area contributed by atoms with Gasteiger partial charge in [0, 0.05) is 31.9 Å². The largest absolute Gasteiger partial charge is 0.444 e. The van der Waals surface area contributed by atoms with E-state index in [0.29, 0.717) is 26.2 Å². The van der Waals surface area contributed by atoms with E-state index in [4.69, 9.17) is 4.74 Å². The van der Waals surface area contributed by atoms with E-state index in [1.807, 2.05) is 52.8 Å². The van der Waals surface area contributed by atoms with Gasteiger partial charge in [0.1, 0.15) is 5.60 Å². The number of benzene rings is 1. The summed E-state index contributed by atoms with van der Waals surface area (Å²) >= 11 is 0. The van der Waals surface area contributed by atoms with Crippen LogP contribution in [0.1, 0.15) is 31.9 Å². The Hall–Kier alpha value is -2.24. The van der Waals surface area contributed by atoms with Crippen molar-refractivity contribution in [2.45, 2.75) is 40.2 Å². The Kier molecular flexibility index (Phi) is 5.36. The van der Waals surface area contributed by atoms with Gasteiger partial charge >= 0.3 is 12.1 Å². The summed E-state index contributed by atoms with van der Waals surface area (Å²) < 4.78 is 5.36. The second-order valence-corrected chi connectivity index (χ2v) is 7.18. The van der Waals surface area contributed by atoms with Crippen LogP contribution in [0.4, 0.5) is 15.3 Å². The van der Waals surface area contributed by atoms with Gasteiger partial charge in [0.25, 0.3) is 0 Å². The molecule has 0 radical (unpaired) electrons. The predicted molar refractivity (Wildman–Crippen MR) is 94.3 cm³/mol. The Morgan fingerprint density at radius 3 is 2.12 bits per heavy atom. The van der Waals surface area contributed by atoms with Crippen LogP contribution in [0.5, 0.6) is 0 Å². The summed E-state index contributed by atoms with van der Waals surface area (Å²) in [6.07, 6.45) is -0.322. The molecule has 0 unspecified atom stereocenters. The van der Waals surface area contributed by atoms with Crippen molar-refractivity contribution >= 4 is 17.8 Å². The number of anilines is 1. The Labute approximate surface area is 143 Å². The number of rotatable bonds is 1. The standard InChI is InChI=1S/C18H27N3O3/c1-13-6-7-15(12-14(13)2)19-16(22)20-8-10-21(11-9-20)17(23)24-18(3,4)5/h6-7,12H,8-11H2,1-5H3,(H,19,22). The highest BCUT2D eigenvalue weighted by atomic mass is 16.6. The SMILES string of the molecule is Cc1ccc(NC(=O)N2CCN(C(=O)OC(C)(C)C)CC2)cc1C. The van der Waals surface area contributed by atoms with Gasteiger partial charge in [-0.15, -0.1) is 0 Å². The number of nitrogens with zero attached hydrogens (tertiary/aromatic N) is 2. The van der Waals surface area contributed by atoms with Crippen LogP contribution in [-0.2, 0) is 4.74 Å². The van der Waals surface area contributed by atoms with Crippen molar-refractivity contribution in [3.8, 4) is 0 Å². The summed E-state index contributed by atoms with van der Waals surface area (Å²) in [5.74, 6) is 0. The van der Waals surface area contributed by atoms with Crippen molar-refractivity contribution in [1.82, 2.24) is 9.80 Å². The van der Waals surface area contributed by atoms with Crippen LogP contribution >= 0.6 is 0 Å². The first-order chi connectivity index (χ1) is 11.2. The lowest BCUT2D eigenvalue weighted by atomic mass is 10.1. The highest BCUT2D eigenvalue weighted by Gasteiger charge is 2.27. The number of aryl methyl sites for hydroxylation is 2. The summed E-state index contributed by atoms with van der Waals surface area (Å²) in [6, 6.07) is 5.72. The molecule has 1 saturated heterocycles. The Balaban J connectivity index is 1.86. The molecule has 0 atom stereocenters. The van der Waals surface area contributed by atoms with Crippen molar-refractivity contribution in [2.75, 3.05) is 31.5 Å². The summed E-state index contributed by atoms with van der Waals surface area (Å²) in [7, 11) is 0. The van der Waals surface area contributed by atoms with Crippen LogP contribution in [0.15, 0.2) is 18.2 Å². The van der Waals surface area contributed by atoms with Gasteiger partial charge in [0.05, 0.1) is 0 Å². The van der Waals surface area contributed by atoms with Gasteiger partial charge in [-0.25, -0.2) is 9.59 Å². The van der Waals surface area contributed by atoms with Crippen LogP contribution in [0.3, 0.4) is 0 Å². The fraction of sp³-hybridized carbons (Fsp3) is 0.556. The van der Waals surface area contributed by atoms with E-state index in [0.717, 1.165) is 11.3 Å². The molecular weight excluding hydrogens is 306 g/mol. The maximum atomic E-state index is 12.3. The summed E-state index contributed by atoms with van der Waals surface area (Å²) in [5, 5.41) is 2.91. The van der Waals surface area contributed by atoms with Crippen LogP contribution in [0, 0.1) is 13.8 Å². The first kappa shape index (κ1) is 18.1. The molecule has 2 rings (SSSR count). The van der Waals surface area contributed by atoms with Crippen LogP contribution < -0.4 is 5.32 Å². The van der Waals surface area contributed by atoms with Crippen LogP contribution in [0.2, 0.25) is 0 Å². The molecule has 0 bridgehead atoms. The Bertz CT molecular complexity index is 614. The molecule has 0 aromatic heterocycles. The third kappa shape index (κ3) is 4.88. The first-order valence-electron chi connectivity index (χ1n) is 8.27. The van der Waals surface area contributed by atoms with Gasteiger partial charge < -0.3 is 19.9 Å². The molecule has 3 amide bonds. The zero-order valence-corrected chi connectivity index (χ0v) is 15.2. The van der Waals surface area contributed by atoms with E-state index in [-0.39, 0.29) is 12.1 Å². The molecule has 1 N–H and O–H groups in total. The minimum Gasteiger partial charge on any atom is -0.444 e. The zero-order chi connectivity index (χ0) is 17.9. The molecule has 1 aromatic carbocycles. The van der Waals surface area contributed by atoms with E-state index in [9.17, 15) is 9.59 Å². The number of piperazine rings is 1. The lowest BCUT2D eigenvalue weighted by Crippen LogP contribution is -2.52. The fourth-order valence-corrected chi connectivity index (χ4v) is 2.44. The molecule has 0 spiro atoms. The van der Waals surface area contributed by atoms with Crippen molar-refractivity contribution < 1.29 is 14.3 Å². The molecule has 1 aliphatic heterocycles. The normalized spacial score (nSPS) is 15.2. The Morgan fingerprint density at radius 1 is 1.00 bits per heavy atom. The molecule has 1 aromatic rings. The number of urea groups is 1. The number of nitrogens with one attached hydrogen (secondary N) is 1. The third-order valence-corrected chi connectivity index (χ3v) is 3.98. The third-order valence-electron chi connectivity index (χ3n) is 3.98. The second kappa shape index (κ2) is 7.11. The monoisotopic (exact) mass is 333 g/mol. The number of hydrogen-bond donors (Lipinski definition) is 1. The molecule has 0 aliphatic carbocycles. The molecule has 1 fully saturated rings. The van der Waals surface area contributed by atoms with Gasteiger partial charge in [-0.1, -0.05) is 6.07 Å². The van der Waals surface area contributed by atoms with Crippen LogP contribution in [0.25, 0.3) is 0 Å². The second-order valence-electron chi connectivity index (χ2n) is 7.18. The topological polar surface area (TPSA) is 61.9 Å². The summed E-state index contributed by atoms with van der Waals surface area (Å²) in [6.45, 7) is 11.5. The van der Waals surface area contributed by atoms with Gasteiger partial charge in [-0.2, -0.15) is 0 Å². The first-order valence-corrected chi connectivity index (χ1v) is 8.27. The molecule has 24 heavy (non-hydrogen) atoms. The number of carbonyl (C=O) groups is 2. The number of amides is 3. The van der Waals surface area contributed by atoms with Gasteiger partial charge in [0.15, 0.2) is 0 Å².